The minimum absolute atomic E-state index is 0.502. The molecule has 28 heavy (non-hydrogen) atoms. The number of hydrogen-bond acceptors (Lipinski definition) is 5. The Kier molecular flexibility index (Phi) is 12.3. The summed E-state index contributed by atoms with van der Waals surface area (Å²) in [5.74, 6) is 3.00. The van der Waals surface area contributed by atoms with Crippen molar-refractivity contribution >= 4 is 16.5 Å². The molecule has 0 fully saturated rings. The molecule has 0 radical (unpaired) electrons. The Labute approximate surface area is 172 Å². The van der Waals surface area contributed by atoms with Crippen LogP contribution in [0.25, 0.3) is 0 Å². The van der Waals surface area contributed by atoms with Crippen LogP contribution in [-0.4, -0.2) is 41.7 Å². The predicted molar refractivity (Wildman–Crippen MR) is 118 cm³/mol. The van der Waals surface area contributed by atoms with Crippen LogP contribution in [0.5, 0.6) is 11.5 Å². The summed E-state index contributed by atoms with van der Waals surface area (Å²) in [5, 5.41) is 3.91. The molecular formula is C22H35NO4S. The molecule has 6 heteroatoms. The summed E-state index contributed by atoms with van der Waals surface area (Å²) in [6.45, 7) is 9.30. The zero-order chi connectivity index (χ0) is 20.8. The number of nitrogens with zero attached hydrogens (tertiary/aromatic N) is 1. The molecule has 0 spiro atoms. The maximum Gasteiger partial charge on any atom is 0.125 e. The first-order valence-corrected chi connectivity index (χ1v) is 11.4. The van der Waals surface area contributed by atoms with Gasteiger partial charge in [0.15, 0.2) is 0 Å². The molecule has 0 amide bonds. The molecule has 1 rings (SSSR count). The molecule has 1 atom stereocenters. The van der Waals surface area contributed by atoms with E-state index in [0.29, 0.717) is 24.7 Å². The number of allylic oxidation sites excluding steroid dienone is 1. The number of unbranched alkanes of at least 4 members (excludes halogenated alkanes) is 2. The van der Waals surface area contributed by atoms with E-state index in [1.165, 1.54) is 7.11 Å². The van der Waals surface area contributed by atoms with Crippen LogP contribution in [-0.2, 0) is 15.6 Å². The standard InChI is InChI=1S/C22H35NO4S/c1-6-8-12-26-21-15-18(3)22(19(4)16-21)27-13-10-9-11-14-28(24)17-20(7-2)23-25-5/h6,8,15-16H,7,9-14,17H2,1-5H3/b8-6+,23-20+. The number of aryl methyl sites for hydroxylation is 2. The molecule has 0 aliphatic carbocycles. The minimum atomic E-state index is -0.877. The Morgan fingerprint density at radius 2 is 1.86 bits per heavy atom. The highest BCUT2D eigenvalue weighted by Gasteiger charge is 2.08. The molecule has 0 aromatic heterocycles. The fraction of sp³-hybridized carbons (Fsp3) is 0.591. The van der Waals surface area contributed by atoms with Crippen molar-refractivity contribution in [3.8, 4) is 11.5 Å². The van der Waals surface area contributed by atoms with E-state index >= 15 is 0 Å². The van der Waals surface area contributed by atoms with Crippen LogP contribution in [0.4, 0.5) is 0 Å². The SMILES string of the molecule is C/C=C/COc1cc(C)c(OCCCCCS(=O)C/C(CC)=N/OC)c(C)c1. The van der Waals surface area contributed by atoms with Crippen LogP contribution in [0.3, 0.4) is 0 Å². The molecule has 0 saturated carbocycles. The highest BCUT2D eigenvalue weighted by Crippen LogP contribution is 2.28. The van der Waals surface area contributed by atoms with Gasteiger partial charge in [0.2, 0.25) is 0 Å². The van der Waals surface area contributed by atoms with E-state index in [1.807, 2.05) is 52.0 Å². The fourth-order valence-corrected chi connectivity index (χ4v) is 4.06. The third-order valence-electron chi connectivity index (χ3n) is 4.23. The maximum atomic E-state index is 12.1. The van der Waals surface area contributed by atoms with Crippen LogP contribution < -0.4 is 9.47 Å². The Morgan fingerprint density at radius 1 is 1.14 bits per heavy atom. The van der Waals surface area contributed by atoms with E-state index in [4.69, 9.17) is 14.3 Å². The smallest absolute Gasteiger partial charge is 0.125 e. The van der Waals surface area contributed by atoms with Gasteiger partial charge in [-0.1, -0.05) is 24.2 Å². The van der Waals surface area contributed by atoms with E-state index in [1.54, 1.807) is 0 Å². The zero-order valence-electron chi connectivity index (χ0n) is 18.0. The van der Waals surface area contributed by atoms with Crippen molar-refractivity contribution < 1.29 is 18.5 Å². The summed E-state index contributed by atoms with van der Waals surface area (Å²) in [6, 6.07) is 4.03. The molecule has 5 nitrogen and oxygen atoms in total. The second kappa shape index (κ2) is 14.2. The molecule has 158 valence electrons. The Hall–Kier alpha value is -1.82. The average Bonchev–Trinajstić information content (AvgIpc) is 2.66. The summed E-state index contributed by atoms with van der Waals surface area (Å²) in [6.07, 6.45) is 7.60. The molecule has 1 aromatic carbocycles. The number of rotatable bonds is 14. The summed E-state index contributed by atoms with van der Waals surface area (Å²) in [7, 11) is 0.643. The fourth-order valence-electron chi connectivity index (χ4n) is 2.76. The molecule has 0 bridgehead atoms. The molecule has 0 heterocycles. The zero-order valence-corrected chi connectivity index (χ0v) is 18.8. The first kappa shape index (κ1) is 24.2. The highest BCUT2D eigenvalue weighted by molar-refractivity contribution is 7.85. The highest BCUT2D eigenvalue weighted by atomic mass is 32.2. The van der Waals surface area contributed by atoms with Crippen molar-refractivity contribution in [3.05, 3.63) is 35.4 Å². The van der Waals surface area contributed by atoms with Gasteiger partial charge in [-0.05, 0) is 69.7 Å². The van der Waals surface area contributed by atoms with E-state index in [-0.39, 0.29) is 0 Å². The Bertz CT molecular complexity index is 647. The lowest BCUT2D eigenvalue weighted by Crippen LogP contribution is -2.13. The number of oxime groups is 1. The van der Waals surface area contributed by atoms with Gasteiger partial charge in [0.25, 0.3) is 0 Å². The van der Waals surface area contributed by atoms with E-state index in [9.17, 15) is 4.21 Å². The normalized spacial score (nSPS) is 13.0. The number of ether oxygens (including phenoxy) is 2. The van der Waals surface area contributed by atoms with Crippen molar-refractivity contribution in [1.82, 2.24) is 0 Å². The summed E-state index contributed by atoms with van der Waals surface area (Å²) in [4.78, 5) is 4.77. The molecule has 1 unspecified atom stereocenters. The molecule has 0 aliphatic rings. The van der Waals surface area contributed by atoms with Gasteiger partial charge < -0.3 is 14.3 Å². The summed E-state index contributed by atoms with van der Waals surface area (Å²) < 4.78 is 23.8. The van der Waals surface area contributed by atoms with E-state index in [2.05, 4.69) is 5.16 Å². The van der Waals surface area contributed by atoms with Crippen molar-refractivity contribution in [2.24, 2.45) is 5.16 Å². The van der Waals surface area contributed by atoms with Crippen molar-refractivity contribution in [1.29, 1.82) is 0 Å². The monoisotopic (exact) mass is 409 g/mol. The maximum absolute atomic E-state index is 12.1. The second-order valence-corrected chi connectivity index (χ2v) is 8.23. The van der Waals surface area contributed by atoms with Crippen LogP contribution in [0.1, 0.15) is 50.7 Å². The van der Waals surface area contributed by atoms with Gasteiger partial charge in [-0.2, -0.15) is 0 Å². The van der Waals surface area contributed by atoms with E-state index in [0.717, 1.165) is 54.0 Å². The van der Waals surface area contributed by atoms with Crippen LogP contribution in [0.15, 0.2) is 29.4 Å². The average molecular weight is 410 g/mol. The van der Waals surface area contributed by atoms with Crippen molar-refractivity contribution in [2.45, 2.75) is 53.4 Å². The lowest BCUT2D eigenvalue weighted by atomic mass is 10.1. The first-order valence-electron chi connectivity index (χ1n) is 9.93. The van der Waals surface area contributed by atoms with Crippen LogP contribution >= 0.6 is 0 Å². The second-order valence-electron chi connectivity index (χ2n) is 6.66. The first-order chi connectivity index (χ1) is 13.5. The Balaban J connectivity index is 2.32. The van der Waals surface area contributed by atoms with Gasteiger partial charge in [0, 0.05) is 16.6 Å². The van der Waals surface area contributed by atoms with Gasteiger partial charge in [-0.3, -0.25) is 4.21 Å². The number of benzene rings is 1. The minimum Gasteiger partial charge on any atom is -0.493 e. The lowest BCUT2D eigenvalue weighted by molar-refractivity contribution is 0.212. The molecule has 1 aromatic rings. The van der Waals surface area contributed by atoms with Gasteiger partial charge in [-0.25, -0.2) is 0 Å². The molecular weight excluding hydrogens is 374 g/mol. The van der Waals surface area contributed by atoms with Gasteiger partial charge in [0.05, 0.1) is 18.1 Å². The molecule has 0 N–H and O–H groups in total. The van der Waals surface area contributed by atoms with Crippen LogP contribution in [0.2, 0.25) is 0 Å². The van der Waals surface area contributed by atoms with Gasteiger partial charge in [0.1, 0.15) is 25.2 Å². The topological polar surface area (TPSA) is 57.1 Å². The largest absolute Gasteiger partial charge is 0.493 e. The molecule has 0 saturated heterocycles. The van der Waals surface area contributed by atoms with Crippen molar-refractivity contribution in [2.75, 3.05) is 31.8 Å². The summed E-state index contributed by atoms with van der Waals surface area (Å²) >= 11 is 0. The Morgan fingerprint density at radius 3 is 2.46 bits per heavy atom. The van der Waals surface area contributed by atoms with Gasteiger partial charge >= 0.3 is 0 Å². The molecule has 0 aliphatic heterocycles. The van der Waals surface area contributed by atoms with Crippen molar-refractivity contribution in [3.63, 3.8) is 0 Å². The van der Waals surface area contributed by atoms with Gasteiger partial charge in [-0.15, -0.1) is 0 Å². The van der Waals surface area contributed by atoms with Crippen LogP contribution in [0, 0.1) is 13.8 Å². The predicted octanol–water partition coefficient (Wildman–Crippen LogP) is 4.97. The number of hydrogen-bond donors (Lipinski definition) is 0. The third kappa shape index (κ3) is 9.40. The van der Waals surface area contributed by atoms with E-state index < -0.39 is 10.8 Å². The lowest BCUT2D eigenvalue weighted by Gasteiger charge is -2.14. The summed E-state index contributed by atoms with van der Waals surface area (Å²) in [5.41, 5.74) is 3.02. The quantitative estimate of drug-likeness (QED) is 0.188. The third-order valence-corrected chi connectivity index (χ3v) is 5.63.